The minimum Gasteiger partial charge on any atom is -0.327 e. The zero-order chi connectivity index (χ0) is 18.6. The van der Waals surface area contributed by atoms with Gasteiger partial charge in [-0.1, -0.05) is 0 Å². The predicted octanol–water partition coefficient (Wildman–Crippen LogP) is 1.58. The van der Waals surface area contributed by atoms with E-state index in [1.165, 1.54) is 33.0 Å². The summed E-state index contributed by atoms with van der Waals surface area (Å²) in [5, 5.41) is 8.48. The number of halogens is 3. The first kappa shape index (κ1) is 16.7. The lowest BCUT2D eigenvalue weighted by Crippen LogP contribution is -2.43. The van der Waals surface area contributed by atoms with Gasteiger partial charge in [0.05, 0.1) is 6.04 Å². The summed E-state index contributed by atoms with van der Waals surface area (Å²) >= 11 is 1.25. The van der Waals surface area contributed by atoms with Gasteiger partial charge in [0.2, 0.25) is 5.82 Å². The summed E-state index contributed by atoms with van der Waals surface area (Å²) in [6, 6.07) is -0.762. The molecule has 1 atom stereocenters. The van der Waals surface area contributed by atoms with Crippen LogP contribution in [0.2, 0.25) is 0 Å². The highest BCUT2D eigenvalue weighted by molar-refractivity contribution is 7.15. The van der Waals surface area contributed by atoms with Gasteiger partial charge in [-0.25, -0.2) is 4.98 Å². The van der Waals surface area contributed by atoms with Gasteiger partial charge >= 0.3 is 6.18 Å². The van der Waals surface area contributed by atoms with Crippen molar-refractivity contribution in [2.45, 2.75) is 25.7 Å². The number of alkyl halides is 3. The average Bonchev–Trinajstić information content (AvgIpc) is 3.21. The van der Waals surface area contributed by atoms with Crippen LogP contribution in [-0.4, -0.2) is 41.5 Å². The van der Waals surface area contributed by atoms with Gasteiger partial charge in [-0.05, 0) is 6.92 Å². The van der Waals surface area contributed by atoms with Crippen molar-refractivity contribution in [3.63, 3.8) is 0 Å². The minimum atomic E-state index is -4.62. The number of hydrogen-bond acceptors (Lipinski definition) is 6. The molecule has 1 amide bonds. The van der Waals surface area contributed by atoms with Crippen molar-refractivity contribution in [1.29, 1.82) is 0 Å². The van der Waals surface area contributed by atoms with E-state index in [2.05, 4.69) is 15.2 Å². The normalized spacial score (nSPS) is 17.5. The second kappa shape index (κ2) is 5.62. The van der Waals surface area contributed by atoms with Gasteiger partial charge < -0.3 is 9.47 Å². The molecule has 0 saturated heterocycles. The van der Waals surface area contributed by atoms with Crippen LogP contribution in [0.25, 0.3) is 4.96 Å². The molecule has 26 heavy (non-hydrogen) atoms. The average molecular weight is 384 g/mol. The Morgan fingerprint density at radius 2 is 2.08 bits per heavy atom. The van der Waals surface area contributed by atoms with Gasteiger partial charge in [0.25, 0.3) is 11.5 Å². The van der Waals surface area contributed by atoms with E-state index in [4.69, 9.17) is 0 Å². The van der Waals surface area contributed by atoms with Crippen LogP contribution in [0.3, 0.4) is 0 Å². The van der Waals surface area contributed by atoms with Crippen molar-refractivity contribution < 1.29 is 18.0 Å². The number of fused-ring (bicyclic) bond motifs is 2. The molecule has 1 unspecified atom stereocenters. The minimum absolute atomic E-state index is 0.0000985. The summed E-state index contributed by atoms with van der Waals surface area (Å²) in [7, 11) is 0. The van der Waals surface area contributed by atoms with Crippen LogP contribution in [0.4, 0.5) is 13.2 Å². The van der Waals surface area contributed by atoms with Crippen molar-refractivity contribution in [2.24, 2.45) is 0 Å². The maximum atomic E-state index is 13.0. The third-order valence-corrected chi connectivity index (χ3v) is 5.04. The smallest absolute Gasteiger partial charge is 0.327 e. The maximum Gasteiger partial charge on any atom is 0.451 e. The van der Waals surface area contributed by atoms with Crippen molar-refractivity contribution in [1.82, 2.24) is 29.0 Å². The number of rotatable bonds is 1. The summed E-state index contributed by atoms with van der Waals surface area (Å²) in [6.07, 6.45) is -1.91. The zero-order valence-corrected chi connectivity index (χ0v) is 14.1. The number of amides is 1. The molecule has 12 heteroatoms. The number of hydrogen-bond donors (Lipinski definition) is 0. The highest BCUT2D eigenvalue weighted by Crippen LogP contribution is 2.32. The van der Waals surface area contributed by atoms with E-state index in [9.17, 15) is 22.8 Å². The first-order valence-corrected chi connectivity index (χ1v) is 8.43. The standard InChI is InChI=1S/C14H11F3N6O2S/c1-7-9-19-20-12(14(15,16)17)22(9)3-2-21(7)10(24)8-6-18-13-23(11(8)25)4-5-26-13/h4-7H,2-3H2,1H3. The van der Waals surface area contributed by atoms with Crippen LogP contribution in [0.15, 0.2) is 22.6 Å². The fraction of sp³-hybridized carbons (Fsp3) is 0.357. The molecule has 0 aromatic carbocycles. The second-order valence-corrected chi connectivity index (χ2v) is 6.61. The Morgan fingerprint density at radius 1 is 1.31 bits per heavy atom. The van der Waals surface area contributed by atoms with Crippen molar-refractivity contribution >= 4 is 22.2 Å². The van der Waals surface area contributed by atoms with Crippen LogP contribution in [-0.2, 0) is 12.7 Å². The molecule has 4 rings (SSSR count). The third kappa shape index (κ3) is 2.40. The Morgan fingerprint density at radius 3 is 2.81 bits per heavy atom. The van der Waals surface area contributed by atoms with E-state index in [0.717, 1.165) is 4.57 Å². The fourth-order valence-corrected chi connectivity index (χ4v) is 3.67. The highest BCUT2D eigenvalue weighted by atomic mass is 32.1. The molecule has 0 N–H and O–H groups in total. The lowest BCUT2D eigenvalue weighted by atomic mass is 10.1. The number of aromatic nitrogens is 5. The molecule has 0 spiro atoms. The Kier molecular flexibility index (Phi) is 3.61. The maximum absolute atomic E-state index is 13.0. The zero-order valence-electron chi connectivity index (χ0n) is 13.3. The van der Waals surface area contributed by atoms with Gasteiger partial charge in [-0.3, -0.25) is 14.0 Å². The second-order valence-electron chi connectivity index (χ2n) is 5.74. The molecule has 136 valence electrons. The summed E-state index contributed by atoms with van der Waals surface area (Å²) < 4.78 is 41.1. The molecule has 1 aliphatic rings. The van der Waals surface area contributed by atoms with E-state index in [1.807, 2.05) is 0 Å². The van der Waals surface area contributed by atoms with E-state index >= 15 is 0 Å². The Bertz CT molecular complexity index is 1070. The third-order valence-electron chi connectivity index (χ3n) is 4.27. The predicted molar refractivity (Wildman–Crippen MR) is 83.8 cm³/mol. The van der Waals surface area contributed by atoms with Gasteiger partial charge in [-0.15, -0.1) is 21.5 Å². The van der Waals surface area contributed by atoms with E-state index in [1.54, 1.807) is 12.3 Å². The van der Waals surface area contributed by atoms with Crippen molar-refractivity contribution in [3.8, 4) is 0 Å². The molecule has 8 nitrogen and oxygen atoms in total. The molecular weight excluding hydrogens is 373 g/mol. The summed E-state index contributed by atoms with van der Waals surface area (Å²) in [4.78, 5) is 31.1. The van der Waals surface area contributed by atoms with E-state index in [-0.39, 0.29) is 24.5 Å². The lowest BCUT2D eigenvalue weighted by Gasteiger charge is -2.33. The molecule has 1 aliphatic heterocycles. The van der Waals surface area contributed by atoms with Gasteiger partial charge in [0.1, 0.15) is 5.56 Å². The highest BCUT2D eigenvalue weighted by Gasteiger charge is 2.42. The van der Waals surface area contributed by atoms with Crippen LogP contribution >= 0.6 is 11.3 Å². The summed E-state index contributed by atoms with van der Waals surface area (Å²) in [5.41, 5.74) is -0.659. The van der Waals surface area contributed by atoms with E-state index < -0.39 is 29.5 Å². The largest absolute Gasteiger partial charge is 0.451 e. The quantitative estimate of drug-likeness (QED) is 0.636. The Balaban J connectivity index is 1.71. The number of carbonyl (C=O) groups is 1. The van der Waals surface area contributed by atoms with Crippen LogP contribution in [0.5, 0.6) is 0 Å². The topological polar surface area (TPSA) is 85.4 Å². The molecule has 0 saturated carbocycles. The monoisotopic (exact) mass is 384 g/mol. The van der Waals surface area contributed by atoms with Crippen molar-refractivity contribution in [2.75, 3.05) is 6.54 Å². The summed E-state index contributed by atoms with van der Waals surface area (Å²) in [6.45, 7) is 1.44. The van der Waals surface area contributed by atoms with Crippen LogP contribution in [0.1, 0.15) is 35.0 Å². The van der Waals surface area contributed by atoms with Gasteiger partial charge in [0, 0.05) is 30.9 Å². The van der Waals surface area contributed by atoms with Gasteiger partial charge in [0.15, 0.2) is 10.8 Å². The molecule has 3 aromatic rings. The first-order chi connectivity index (χ1) is 12.3. The lowest BCUT2D eigenvalue weighted by molar-refractivity contribution is -0.148. The molecule has 0 fully saturated rings. The van der Waals surface area contributed by atoms with Gasteiger partial charge in [-0.2, -0.15) is 13.2 Å². The van der Waals surface area contributed by atoms with E-state index in [0.29, 0.717) is 4.96 Å². The van der Waals surface area contributed by atoms with Crippen LogP contribution in [0, 0.1) is 0 Å². The molecule has 0 radical (unpaired) electrons. The van der Waals surface area contributed by atoms with Crippen LogP contribution < -0.4 is 5.56 Å². The number of thiazole rings is 1. The number of carbonyl (C=O) groups excluding carboxylic acids is 1. The molecule has 0 bridgehead atoms. The number of nitrogens with zero attached hydrogens (tertiary/aromatic N) is 6. The molecule has 0 aliphatic carbocycles. The molecular formula is C14H11F3N6O2S. The van der Waals surface area contributed by atoms with Crippen molar-refractivity contribution in [3.05, 3.63) is 45.3 Å². The SMILES string of the molecule is CC1c2nnc(C(F)(F)F)n2CCN1C(=O)c1cnc2sccn2c1=O. The fourth-order valence-electron chi connectivity index (χ4n) is 3.00. The first-order valence-electron chi connectivity index (χ1n) is 7.55. The Labute approximate surface area is 147 Å². The molecule has 3 aromatic heterocycles. The Hall–Kier alpha value is -2.76. The molecule has 4 heterocycles. The summed E-state index contributed by atoms with van der Waals surface area (Å²) in [5.74, 6) is -1.66.